The monoisotopic (exact) mass is 346 g/mol. The summed E-state index contributed by atoms with van der Waals surface area (Å²) in [5.41, 5.74) is 8.69. The Morgan fingerprint density at radius 2 is 2.39 bits per heavy atom. The molecule has 0 unspecified atom stereocenters. The predicted molar refractivity (Wildman–Crippen MR) is 78.3 cm³/mol. The second-order valence-corrected chi connectivity index (χ2v) is 5.98. The van der Waals surface area contributed by atoms with Gasteiger partial charge in [0, 0.05) is 30.0 Å². The van der Waals surface area contributed by atoms with Crippen LogP contribution in [0, 0.1) is 0 Å². The molecule has 2 heterocycles. The summed E-state index contributed by atoms with van der Waals surface area (Å²) >= 11 is 1.23. The van der Waals surface area contributed by atoms with Crippen LogP contribution in [0.5, 0.6) is 0 Å². The fraction of sp³-hybridized carbons (Fsp3) is 0.750. The first kappa shape index (κ1) is 18.0. The van der Waals surface area contributed by atoms with E-state index in [0.717, 1.165) is 0 Å². The first-order valence-electron chi connectivity index (χ1n) is 6.81. The summed E-state index contributed by atoms with van der Waals surface area (Å²) in [6, 6.07) is -0.969. The Hall–Kier alpha value is -1.30. The third kappa shape index (κ3) is 3.47. The number of thiazole rings is 1. The van der Waals surface area contributed by atoms with Crippen molar-refractivity contribution in [2.45, 2.75) is 42.7 Å². The highest BCUT2D eigenvalue weighted by atomic mass is 32.1. The van der Waals surface area contributed by atoms with E-state index in [9.17, 15) is 15.3 Å². The Morgan fingerprint density at radius 1 is 1.65 bits per heavy atom. The largest absolute Gasteiger partial charge is 0.394 e. The lowest BCUT2D eigenvalue weighted by molar-refractivity contribution is -0.322. The number of hydrogen-bond donors (Lipinski definition) is 4. The molecule has 0 spiro atoms. The van der Waals surface area contributed by atoms with Crippen molar-refractivity contribution in [3.8, 4) is 0 Å². The second-order valence-electron chi connectivity index (χ2n) is 5.08. The SMILES string of the molecule is CO[C@@]1(c2nccs2)C[C@H](N=[N+]=[N-])[C@@H](O)[C@H]([C@H](O)[C@H](O)CO)O1. The molecule has 128 valence electrons. The molecule has 10 nitrogen and oxygen atoms in total. The fourth-order valence-corrected chi connectivity index (χ4v) is 3.26. The number of rotatable bonds is 6. The molecule has 1 saturated heterocycles. The van der Waals surface area contributed by atoms with Crippen LogP contribution in [0.4, 0.5) is 0 Å². The summed E-state index contributed by atoms with van der Waals surface area (Å²) in [7, 11) is 1.36. The predicted octanol–water partition coefficient (Wildman–Crippen LogP) is -0.515. The Labute approximate surface area is 135 Å². The van der Waals surface area contributed by atoms with Crippen LogP contribution in [0.25, 0.3) is 10.4 Å². The number of methoxy groups -OCH3 is 1. The molecule has 1 fully saturated rings. The Bertz CT molecular complexity index is 554. The van der Waals surface area contributed by atoms with Crippen molar-refractivity contribution >= 4 is 11.3 Å². The molecule has 0 bridgehead atoms. The third-order valence-corrected chi connectivity index (χ3v) is 4.64. The first-order chi connectivity index (χ1) is 11.0. The van der Waals surface area contributed by atoms with Gasteiger partial charge in [-0.15, -0.1) is 11.3 Å². The van der Waals surface area contributed by atoms with E-state index in [2.05, 4.69) is 15.0 Å². The van der Waals surface area contributed by atoms with E-state index in [4.69, 9.17) is 20.1 Å². The van der Waals surface area contributed by atoms with Gasteiger partial charge in [-0.05, 0) is 5.53 Å². The van der Waals surface area contributed by atoms with Crippen molar-refractivity contribution in [2.24, 2.45) is 5.11 Å². The Balaban J connectivity index is 2.40. The summed E-state index contributed by atoms with van der Waals surface area (Å²) in [5, 5.41) is 44.7. The van der Waals surface area contributed by atoms with Crippen LogP contribution >= 0.6 is 11.3 Å². The maximum absolute atomic E-state index is 10.3. The summed E-state index contributed by atoms with van der Waals surface area (Å²) in [6.45, 7) is -0.725. The number of nitrogens with zero attached hydrogens (tertiary/aromatic N) is 4. The van der Waals surface area contributed by atoms with Crippen molar-refractivity contribution in [1.29, 1.82) is 0 Å². The van der Waals surface area contributed by atoms with E-state index in [1.807, 2.05) is 0 Å². The van der Waals surface area contributed by atoms with E-state index < -0.39 is 42.9 Å². The zero-order chi connectivity index (χ0) is 17.0. The van der Waals surface area contributed by atoms with Gasteiger partial charge in [0.05, 0.1) is 18.8 Å². The molecule has 23 heavy (non-hydrogen) atoms. The maximum atomic E-state index is 10.3. The highest BCUT2D eigenvalue weighted by Crippen LogP contribution is 2.41. The van der Waals surface area contributed by atoms with E-state index in [-0.39, 0.29) is 6.42 Å². The van der Waals surface area contributed by atoms with E-state index >= 15 is 0 Å². The van der Waals surface area contributed by atoms with Gasteiger partial charge in [0.1, 0.15) is 18.3 Å². The molecule has 11 heteroatoms. The summed E-state index contributed by atoms with van der Waals surface area (Å²) < 4.78 is 11.1. The van der Waals surface area contributed by atoms with Crippen molar-refractivity contribution in [1.82, 2.24) is 4.98 Å². The minimum Gasteiger partial charge on any atom is -0.394 e. The van der Waals surface area contributed by atoms with Crippen LogP contribution in [-0.2, 0) is 15.3 Å². The first-order valence-corrected chi connectivity index (χ1v) is 7.69. The van der Waals surface area contributed by atoms with Crippen molar-refractivity contribution in [3.63, 3.8) is 0 Å². The van der Waals surface area contributed by atoms with E-state index in [0.29, 0.717) is 5.01 Å². The molecule has 4 N–H and O–H groups in total. The average molecular weight is 346 g/mol. The molecule has 1 aliphatic heterocycles. The quantitative estimate of drug-likeness (QED) is 0.306. The molecule has 0 radical (unpaired) electrons. The van der Waals surface area contributed by atoms with Crippen LogP contribution in [0.15, 0.2) is 16.7 Å². The molecule has 1 aliphatic rings. The van der Waals surface area contributed by atoms with Gasteiger partial charge in [0.25, 0.3) is 0 Å². The lowest BCUT2D eigenvalue weighted by atomic mass is 9.89. The average Bonchev–Trinajstić information content (AvgIpc) is 3.11. The molecule has 1 aromatic heterocycles. The second kappa shape index (κ2) is 7.51. The highest BCUT2D eigenvalue weighted by Gasteiger charge is 2.52. The van der Waals surface area contributed by atoms with Gasteiger partial charge in [-0.3, -0.25) is 0 Å². The van der Waals surface area contributed by atoms with Crippen LogP contribution in [-0.4, -0.2) is 69.6 Å². The molecule has 1 aromatic rings. The van der Waals surface area contributed by atoms with Gasteiger partial charge in [-0.2, -0.15) is 0 Å². The number of aromatic nitrogens is 1. The zero-order valence-corrected chi connectivity index (χ0v) is 13.1. The Kier molecular flexibility index (Phi) is 5.89. The smallest absolute Gasteiger partial charge is 0.222 e. The normalized spacial score (nSPS) is 33.7. The number of aliphatic hydroxyl groups excluding tert-OH is 4. The third-order valence-electron chi connectivity index (χ3n) is 3.74. The van der Waals surface area contributed by atoms with Crippen LogP contribution < -0.4 is 0 Å². The van der Waals surface area contributed by atoms with Gasteiger partial charge >= 0.3 is 0 Å². The van der Waals surface area contributed by atoms with E-state index in [1.165, 1.54) is 24.6 Å². The molecule has 0 saturated carbocycles. The van der Waals surface area contributed by atoms with Crippen molar-refractivity contribution < 1.29 is 29.9 Å². The highest BCUT2D eigenvalue weighted by molar-refractivity contribution is 7.09. The minimum absolute atomic E-state index is 0.0132. The lowest BCUT2D eigenvalue weighted by Gasteiger charge is -2.45. The van der Waals surface area contributed by atoms with Crippen molar-refractivity contribution in [3.05, 3.63) is 27.0 Å². The standard InChI is InChI=1S/C12H18N4O6S/c1-21-12(11-14-2-3-23-11)4-6(15-16-13)8(19)10(22-12)9(20)7(18)5-17/h2-3,6-10,17-20H,4-5H2,1H3/t6-,7+,8+,9+,10+,12-/m0/s1. The molecular weight excluding hydrogens is 328 g/mol. The zero-order valence-electron chi connectivity index (χ0n) is 12.3. The summed E-state index contributed by atoms with van der Waals surface area (Å²) in [5.74, 6) is -1.44. The maximum Gasteiger partial charge on any atom is 0.222 e. The number of aliphatic hydroxyl groups is 4. The summed E-state index contributed by atoms with van der Waals surface area (Å²) in [6.07, 6.45) is -4.35. The summed E-state index contributed by atoms with van der Waals surface area (Å²) in [4.78, 5) is 6.81. The number of ether oxygens (including phenoxy) is 2. The topological polar surface area (TPSA) is 161 Å². The number of azide groups is 1. The fourth-order valence-electron chi connectivity index (χ4n) is 2.49. The molecule has 0 amide bonds. The number of hydrogen-bond acceptors (Lipinski definition) is 9. The van der Waals surface area contributed by atoms with E-state index in [1.54, 1.807) is 5.38 Å². The minimum atomic E-state index is -1.61. The Morgan fingerprint density at radius 3 is 2.91 bits per heavy atom. The van der Waals surface area contributed by atoms with Crippen LogP contribution in [0.1, 0.15) is 11.4 Å². The van der Waals surface area contributed by atoms with Gasteiger partial charge < -0.3 is 29.9 Å². The van der Waals surface area contributed by atoms with Crippen molar-refractivity contribution in [2.75, 3.05) is 13.7 Å². The molecule has 0 aliphatic carbocycles. The van der Waals surface area contributed by atoms with Gasteiger partial charge in [0.2, 0.25) is 5.79 Å². The van der Waals surface area contributed by atoms with Crippen LogP contribution in [0.2, 0.25) is 0 Å². The molecule has 2 rings (SSSR count). The van der Waals surface area contributed by atoms with Gasteiger partial charge in [0.15, 0.2) is 5.01 Å². The van der Waals surface area contributed by atoms with Crippen LogP contribution in [0.3, 0.4) is 0 Å². The lowest BCUT2D eigenvalue weighted by Crippen LogP contribution is -2.59. The molecule has 0 aromatic carbocycles. The van der Waals surface area contributed by atoms with Gasteiger partial charge in [-0.25, -0.2) is 4.98 Å². The molecule has 6 atom stereocenters. The molecular formula is C12H18N4O6S. The van der Waals surface area contributed by atoms with Gasteiger partial charge in [-0.1, -0.05) is 5.11 Å².